The second-order valence-electron chi connectivity index (χ2n) is 8.95. The highest BCUT2D eigenvalue weighted by Gasteiger charge is 2.48. The molecule has 0 unspecified atom stereocenters. The summed E-state index contributed by atoms with van der Waals surface area (Å²) < 4.78 is 34.8. The first-order valence-electron chi connectivity index (χ1n) is 11.5. The predicted octanol–water partition coefficient (Wildman–Crippen LogP) is 4.32. The molecular weight excluding hydrogens is 478 g/mol. The van der Waals surface area contributed by atoms with Crippen molar-refractivity contribution < 1.29 is 18.3 Å². The number of benzene rings is 1. The van der Waals surface area contributed by atoms with Crippen LogP contribution in [0.25, 0.3) is 22.4 Å². The van der Waals surface area contributed by atoms with Crippen LogP contribution in [0.2, 0.25) is 0 Å². The van der Waals surface area contributed by atoms with Crippen LogP contribution in [0.1, 0.15) is 23.2 Å². The van der Waals surface area contributed by atoms with Gasteiger partial charge in [0.25, 0.3) is 0 Å². The molecule has 0 aliphatic carbocycles. The van der Waals surface area contributed by atoms with E-state index in [1.807, 2.05) is 0 Å². The second kappa shape index (κ2) is 8.16. The van der Waals surface area contributed by atoms with Crippen LogP contribution in [-0.2, 0) is 10.3 Å². The molecule has 10 heteroatoms. The monoisotopic (exact) mass is 498 g/mol. The zero-order valence-electron chi connectivity index (χ0n) is 19.9. The van der Waals surface area contributed by atoms with Crippen molar-refractivity contribution in [1.29, 1.82) is 0 Å². The molecule has 2 aliphatic rings. The number of hydrogen-bond donors (Lipinski definition) is 1. The predicted molar refractivity (Wildman–Crippen MR) is 132 cm³/mol. The van der Waals surface area contributed by atoms with E-state index >= 15 is 0 Å². The summed E-state index contributed by atoms with van der Waals surface area (Å²) >= 11 is 0. The van der Waals surface area contributed by atoms with Gasteiger partial charge in [-0.15, -0.1) is 0 Å². The summed E-state index contributed by atoms with van der Waals surface area (Å²) in [7, 11) is 1.56. The van der Waals surface area contributed by atoms with Crippen LogP contribution in [0.15, 0.2) is 65.9 Å². The highest BCUT2D eigenvalue weighted by atomic mass is 19.1. The van der Waals surface area contributed by atoms with E-state index in [4.69, 9.17) is 15.5 Å². The van der Waals surface area contributed by atoms with Gasteiger partial charge in [0.2, 0.25) is 17.8 Å². The van der Waals surface area contributed by atoms with Crippen LogP contribution in [-0.4, -0.2) is 38.8 Å². The van der Waals surface area contributed by atoms with Crippen molar-refractivity contribution in [2.24, 2.45) is 10.7 Å². The number of rotatable bonds is 2. The van der Waals surface area contributed by atoms with Gasteiger partial charge in [0.1, 0.15) is 11.3 Å². The Balaban J connectivity index is 1.64. The molecule has 2 aliphatic heterocycles. The zero-order valence-corrected chi connectivity index (χ0v) is 19.9. The number of halogens is 2. The summed E-state index contributed by atoms with van der Waals surface area (Å²) in [5.41, 5.74) is 8.37. The van der Waals surface area contributed by atoms with Crippen LogP contribution < -0.4 is 10.5 Å². The molecule has 1 aromatic carbocycles. The van der Waals surface area contributed by atoms with Gasteiger partial charge in [-0.25, -0.2) is 19.9 Å². The van der Waals surface area contributed by atoms with Crippen molar-refractivity contribution in [3.05, 3.63) is 89.6 Å². The maximum Gasteiger partial charge on any atom is 0.232 e. The van der Waals surface area contributed by atoms with Crippen LogP contribution >= 0.6 is 0 Å². The Morgan fingerprint density at radius 2 is 1.86 bits per heavy atom. The van der Waals surface area contributed by atoms with Crippen molar-refractivity contribution in [2.45, 2.75) is 18.9 Å². The number of aliphatic imine (C=N–C) groups is 1. The third-order valence-corrected chi connectivity index (χ3v) is 6.75. The number of pyridine rings is 3. The van der Waals surface area contributed by atoms with E-state index in [-0.39, 0.29) is 18.3 Å². The van der Waals surface area contributed by atoms with Crippen LogP contribution in [0.4, 0.5) is 8.78 Å². The number of amides is 1. The maximum atomic E-state index is 14.6. The Labute approximate surface area is 210 Å². The fourth-order valence-electron chi connectivity index (χ4n) is 4.86. The van der Waals surface area contributed by atoms with Crippen molar-refractivity contribution in [3.8, 4) is 33.9 Å². The number of ether oxygens (including phenoxy) is 1. The van der Waals surface area contributed by atoms with Crippen LogP contribution in [0, 0.1) is 18.8 Å². The maximum absolute atomic E-state index is 14.6. The number of fused-ring (bicyclic) bond motifs is 4. The number of hydrogen-bond acceptors (Lipinski definition) is 7. The van der Waals surface area contributed by atoms with Gasteiger partial charge in [0.15, 0.2) is 11.7 Å². The summed E-state index contributed by atoms with van der Waals surface area (Å²) in [4.78, 5) is 31.3. The van der Waals surface area contributed by atoms with Crippen LogP contribution in [0.3, 0.4) is 0 Å². The molecule has 184 valence electrons. The molecule has 0 fully saturated rings. The SMILES string of the molecule is Cc1nc(-c2ccnc(F)c2)cc2c1Oc1ccc(-c3cccnc3F)cc1[C@@]21CC(=O)N(C)C(N)=N1. The number of guanidine groups is 1. The summed E-state index contributed by atoms with van der Waals surface area (Å²) in [5, 5.41) is 0. The Morgan fingerprint density at radius 1 is 1.03 bits per heavy atom. The first-order valence-corrected chi connectivity index (χ1v) is 11.5. The van der Waals surface area contributed by atoms with Gasteiger partial charge < -0.3 is 10.5 Å². The summed E-state index contributed by atoms with van der Waals surface area (Å²) in [5.74, 6) is -0.625. The van der Waals surface area contributed by atoms with Crippen molar-refractivity contribution in [1.82, 2.24) is 19.9 Å². The first-order chi connectivity index (χ1) is 17.8. The molecule has 4 aromatic rings. The summed E-state index contributed by atoms with van der Waals surface area (Å²) in [6.07, 6.45) is 2.67. The van der Waals surface area contributed by atoms with E-state index in [1.165, 1.54) is 23.4 Å². The number of carbonyl (C=O) groups is 1. The van der Waals surface area contributed by atoms with E-state index in [2.05, 4.69) is 15.0 Å². The topological polar surface area (TPSA) is 107 Å². The minimum atomic E-state index is -1.28. The molecule has 0 saturated carbocycles. The van der Waals surface area contributed by atoms with Gasteiger partial charge in [-0.3, -0.25) is 9.69 Å². The van der Waals surface area contributed by atoms with Crippen molar-refractivity contribution in [2.75, 3.05) is 7.05 Å². The fourth-order valence-corrected chi connectivity index (χ4v) is 4.86. The van der Waals surface area contributed by atoms with E-state index in [9.17, 15) is 13.6 Å². The highest BCUT2D eigenvalue weighted by Crippen LogP contribution is 2.54. The molecule has 0 saturated heterocycles. The number of aryl methyl sites for hydroxylation is 1. The molecule has 1 amide bonds. The first kappa shape index (κ1) is 22.7. The van der Waals surface area contributed by atoms with Crippen molar-refractivity contribution in [3.63, 3.8) is 0 Å². The number of carbonyl (C=O) groups excluding carboxylic acids is 1. The molecule has 2 N–H and O–H groups in total. The Bertz CT molecular complexity index is 1640. The van der Waals surface area contributed by atoms with Gasteiger partial charge in [0, 0.05) is 47.8 Å². The van der Waals surface area contributed by atoms with E-state index in [0.717, 1.165) is 0 Å². The zero-order chi connectivity index (χ0) is 25.9. The summed E-state index contributed by atoms with van der Waals surface area (Å²) in [6, 6.07) is 13.1. The third-order valence-electron chi connectivity index (χ3n) is 6.75. The van der Waals surface area contributed by atoms with E-state index in [0.29, 0.717) is 50.7 Å². The minimum Gasteiger partial charge on any atom is -0.455 e. The molecule has 8 nitrogen and oxygen atoms in total. The second-order valence-corrected chi connectivity index (χ2v) is 8.95. The molecule has 6 rings (SSSR count). The lowest BCUT2D eigenvalue weighted by Crippen LogP contribution is -2.49. The largest absolute Gasteiger partial charge is 0.455 e. The van der Waals surface area contributed by atoms with Gasteiger partial charge in [0.05, 0.1) is 17.8 Å². The van der Waals surface area contributed by atoms with Crippen LogP contribution in [0.5, 0.6) is 11.5 Å². The molecular formula is C27H20F2N6O2. The minimum absolute atomic E-state index is 0.0268. The molecule has 3 aromatic heterocycles. The normalized spacial score (nSPS) is 18.2. The lowest BCUT2D eigenvalue weighted by atomic mass is 9.76. The quantitative estimate of drug-likeness (QED) is 0.413. The Kier molecular flexibility index (Phi) is 5.01. The van der Waals surface area contributed by atoms with Crippen molar-refractivity contribution >= 4 is 11.9 Å². The average molecular weight is 498 g/mol. The molecule has 5 heterocycles. The lowest BCUT2D eigenvalue weighted by Gasteiger charge is -2.41. The number of aromatic nitrogens is 3. The fraction of sp³-hybridized carbons (Fsp3) is 0.148. The van der Waals surface area contributed by atoms with Gasteiger partial charge >= 0.3 is 0 Å². The Morgan fingerprint density at radius 3 is 2.62 bits per heavy atom. The molecule has 0 bridgehead atoms. The molecule has 1 spiro atoms. The average Bonchev–Trinajstić information content (AvgIpc) is 2.88. The van der Waals surface area contributed by atoms with Gasteiger partial charge in [-0.1, -0.05) is 6.07 Å². The standard InChI is InChI=1S/C27H20F2N6O2/c1-14-24-19(12-20(33-14)16-7-9-31-22(28)11-16)27(13-23(36)35(2)26(30)34-27)18-10-15(5-6-21(18)37-24)17-4-3-8-32-25(17)29/h3-12H,13H2,1-2H3,(H2,30,34)/t27-/m0/s1. The van der Waals surface area contributed by atoms with E-state index in [1.54, 1.807) is 56.4 Å². The summed E-state index contributed by atoms with van der Waals surface area (Å²) in [6.45, 7) is 1.77. The number of nitrogens with zero attached hydrogens (tertiary/aromatic N) is 5. The Hall–Kier alpha value is -4.73. The lowest BCUT2D eigenvalue weighted by molar-refractivity contribution is -0.128. The van der Waals surface area contributed by atoms with Gasteiger partial charge in [-0.2, -0.15) is 8.78 Å². The highest BCUT2D eigenvalue weighted by molar-refractivity contribution is 6.00. The molecule has 1 atom stereocenters. The third kappa shape index (κ3) is 3.52. The smallest absolute Gasteiger partial charge is 0.232 e. The number of nitrogens with two attached hydrogens (primary N) is 1. The van der Waals surface area contributed by atoms with E-state index < -0.39 is 17.4 Å². The molecule has 37 heavy (non-hydrogen) atoms. The molecule has 0 radical (unpaired) electrons. The van der Waals surface area contributed by atoms with Gasteiger partial charge in [-0.05, 0) is 48.9 Å².